The lowest BCUT2D eigenvalue weighted by molar-refractivity contribution is -0.139. The normalized spacial score (nSPS) is 12.5. The monoisotopic (exact) mass is 436 g/mol. The van der Waals surface area contributed by atoms with Gasteiger partial charge in [0.2, 0.25) is 0 Å². The minimum atomic E-state index is -0.914. The first-order chi connectivity index (χ1) is 13.8. The SMILES string of the molecule is CC(C)(C)C(=O)CCC(=O)O.CC(C)(C)Cc1ccccn1.C[C@H](N)C(=O)C(C)(C)C. The summed E-state index contributed by atoms with van der Waals surface area (Å²) in [5.41, 5.74) is 6.20. The third-order valence-electron chi connectivity index (χ3n) is 3.99. The second-order valence-electron chi connectivity index (χ2n) is 11.0. The van der Waals surface area contributed by atoms with Crippen LogP contribution in [0, 0.1) is 16.2 Å². The first-order valence-electron chi connectivity index (χ1n) is 10.7. The number of aliphatic carboxylic acids is 1. The Morgan fingerprint density at radius 3 is 1.71 bits per heavy atom. The number of Topliss-reactive ketones (excluding diaryl/α,β-unsaturated/α-hetero) is 2. The summed E-state index contributed by atoms with van der Waals surface area (Å²) < 4.78 is 0. The van der Waals surface area contributed by atoms with Crippen LogP contribution in [-0.2, 0) is 20.8 Å². The number of carboxylic acid groups (broad SMARTS) is 1. The van der Waals surface area contributed by atoms with E-state index >= 15 is 0 Å². The third-order valence-corrected chi connectivity index (χ3v) is 3.99. The molecule has 0 spiro atoms. The van der Waals surface area contributed by atoms with Crippen LogP contribution in [-0.4, -0.2) is 33.7 Å². The summed E-state index contributed by atoms with van der Waals surface area (Å²) in [5.74, 6) is -0.801. The number of aromatic nitrogens is 1. The third kappa shape index (κ3) is 18.4. The van der Waals surface area contributed by atoms with Crippen LogP contribution in [0.3, 0.4) is 0 Å². The number of hydrogen-bond acceptors (Lipinski definition) is 5. The van der Waals surface area contributed by atoms with Crippen molar-refractivity contribution in [3.05, 3.63) is 30.1 Å². The van der Waals surface area contributed by atoms with E-state index < -0.39 is 11.4 Å². The highest BCUT2D eigenvalue weighted by Crippen LogP contribution is 2.19. The van der Waals surface area contributed by atoms with Gasteiger partial charge in [0.15, 0.2) is 5.78 Å². The zero-order valence-corrected chi connectivity index (χ0v) is 21.2. The van der Waals surface area contributed by atoms with Crippen molar-refractivity contribution in [2.24, 2.45) is 22.0 Å². The molecule has 0 radical (unpaired) electrons. The molecule has 0 aliphatic heterocycles. The second kappa shape index (κ2) is 13.4. The molecule has 0 bridgehead atoms. The zero-order chi connectivity index (χ0) is 25.0. The molecule has 178 valence electrons. The topological polar surface area (TPSA) is 110 Å². The number of nitrogens with zero attached hydrogens (tertiary/aromatic N) is 1. The van der Waals surface area contributed by atoms with Crippen LogP contribution in [0.15, 0.2) is 24.4 Å². The largest absolute Gasteiger partial charge is 0.481 e. The van der Waals surface area contributed by atoms with Crippen molar-refractivity contribution in [3.8, 4) is 0 Å². The fraction of sp³-hybridized carbons (Fsp3) is 0.680. The van der Waals surface area contributed by atoms with Crippen molar-refractivity contribution >= 4 is 17.5 Å². The van der Waals surface area contributed by atoms with Gasteiger partial charge in [-0.25, -0.2) is 0 Å². The number of carbonyl (C=O) groups is 3. The molecule has 31 heavy (non-hydrogen) atoms. The van der Waals surface area contributed by atoms with E-state index in [9.17, 15) is 14.4 Å². The standard InChI is InChI=1S/C10H15N.C8H14O3.C7H15NO/c1-10(2,3)8-9-6-4-5-7-11-9;1-8(2,3)6(9)4-5-7(10)11;1-5(8)6(9)7(2,3)4/h4-7H,8H2,1-3H3;4-5H2,1-3H3,(H,10,11);5H,8H2,1-4H3/t;;5-/m..0/s1. The van der Waals surface area contributed by atoms with Crippen molar-refractivity contribution in [2.75, 3.05) is 0 Å². The van der Waals surface area contributed by atoms with E-state index in [1.54, 1.807) is 27.7 Å². The smallest absolute Gasteiger partial charge is 0.303 e. The molecule has 1 rings (SSSR count). The van der Waals surface area contributed by atoms with Crippen LogP contribution in [0.5, 0.6) is 0 Å². The van der Waals surface area contributed by atoms with Gasteiger partial charge in [-0.2, -0.15) is 0 Å². The second-order valence-corrected chi connectivity index (χ2v) is 11.0. The van der Waals surface area contributed by atoms with Crippen molar-refractivity contribution in [2.45, 2.75) is 94.5 Å². The van der Waals surface area contributed by atoms with Gasteiger partial charge < -0.3 is 10.8 Å². The molecule has 1 atom stereocenters. The number of nitrogens with two attached hydrogens (primary N) is 1. The lowest BCUT2D eigenvalue weighted by Crippen LogP contribution is -2.36. The van der Waals surface area contributed by atoms with Gasteiger partial charge in [0.25, 0.3) is 0 Å². The van der Waals surface area contributed by atoms with Gasteiger partial charge in [-0.15, -0.1) is 0 Å². The molecule has 0 aliphatic carbocycles. The predicted molar refractivity (Wildman–Crippen MR) is 127 cm³/mol. The van der Waals surface area contributed by atoms with Gasteiger partial charge in [0.05, 0.1) is 12.5 Å². The average Bonchev–Trinajstić information content (AvgIpc) is 2.57. The van der Waals surface area contributed by atoms with Crippen LogP contribution >= 0.6 is 0 Å². The molecule has 0 aromatic carbocycles. The van der Waals surface area contributed by atoms with Crippen molar-refractivity contribution in [1.82, 2.24) is 4.98 Å². The van der Waals surface area contributed by atoms with Gasteiger partial charge in [0, 0.05) is 29.1 Å². The molecule has 0 amide bonds. The van der Waals surface area contributed by atoms with Gasteiger partial charge in [-0.3, -0.25) is 19.4 Å². The molecular formula is C25H44N2O4. The number of hydrogen-bond donors (Lipinski definition) is 2. The zero-order valence-electron chi connectivity index (χ0n) is 21.2. The Hall–Kier alpha value is -2.08. The molecular weight excluding hydrogens is 392 g/mol. The van der Waals surface area contributed by atoms with E-state index in [0.717, 1.165) is 6.42 Å². The maximum absolute atomic E-state index is 11.1. The van der Waals surface area contributed by atoms with E-state index in [-0.39, 0.29) is 35.9 Å². The maximum atomic E-state index is 11.1. The molecule has 1 aromatic rings. The summed E-state index contributed by atoms with van der Waals surface area (Å²) >= 11 is 0. The highest BCUT2D eigenvalue weighted by atomic mass is 16.4. The van der Waals surface area contributed by atoms with Crippen molar-refractivity contribution < 1.29 is 19.5 Å². The van der Waals surface area contributed by atoms with E-state index in [1.165, 1.54) is 5.69 Å². The number of ketones is 2. The Bertz CT molecular complexity index is 676. The maximum Gasteiger partial charge on any atom is 0.303 e. The summed E-state index contributed by atoms with van der Waals surface area (Å²) in [5, 5.41) is 8.28. The van der Waals surface area contributed by atoms with Crippen LogP contribution < -0.4 is 5.73 Å². The van der Waals surface area contributed by atoms with Crippen LogP contribution in [0.2, 0.25) is 0 Å². The van der Waals surface area contributed by atoms with E-state index in [4.69, 9.17) is 10.8 Å². The molecule has 0 fully saturated rings. The predicted octanol–water partition coefficient (Wildman–Crippen LogP) is 5.09. The minimum absolute atomic E-state index is 0.0000926. The number of rotatable bonds is 5. The minimum Gasteiger partial charge on any atom is -0.481 e. The Kier molecular flexibility index (Phi) is 13.4. The van der Waals surface area contributed by atoms with E-state index in [1.807, 2.05) is 39.1 Å². The Balaban J connectivity index is 0. The summed E-state index contributed by atoms with van der Waals surface area (Å²) in [6.07, 6.45) is 2.98. The Labute approximate surface area is 189 Å². The summed E-state index contributed by atoms with van der Waals surface area (Å²) in [6.45, 7) is 19.4. The molecule has 0 saturated carbocycles. The lowest BCUT2D eigenvalue weighted by atomic mass is 9.87. The van der Waals surface area contributed by atoms with Crippen molar-refractivity contribution in [1.29, 1.82) is 0 Å². The molecule has 6 heteroatoms. The quantitative estimate of drug-likeness (QED) is 0.665. The van der Waals surface area contributed by atoms with Gasteiger partial charge >= 0.3 is 5.97 Å². The fourth-order valence-electron chi connectivity index (χ4n) is 2.32. The molecule has 6 nitrogen and oxygen atoms in total. The number of carbonyl (C=O) groups excluding carboxylic acids is 2. The number of carboxylic acids is 1. The summed E-state index contributed by atoms with van der Waals surface area (Å²) in [7, 11) is 0. The van der Waals surface area contributed by atoms with E-state index in [0.29, 0.717) is 5.41 Å². The van der Waals surface area contributed by atoms with E-state index in [2.05, 4.69) is 31.8 Å². The lowest BCUT2D eigenvalue weighted by Gasteiger charge is -2.18. The first-order valence-corrected chi connectivity index (χ1v) is 10.7. The van der Waals surface area contributed by atoms with Crippen LogP contribution in [0.4, 0.5) is 0 Å². The molecule has 0 aliphatic rings. The summed E-state index contributed by atoms with van der Waals surface area (Å²) in [6, 6.07) is 5.73. The van der Waals surface area contributed by atoms with Gasteiger partial charge in [0.1, 0.15) is 5.78 Å². The van der Waals surface area contributed by atoms with Gasteiger partial charge in [-0.05, 0) is 30.9 Å². The van der Waals surface area contributed by atoms with Crippen LogP contribution in [0.25, 0.3) is 0 Å². The highest BCUT2D eigenvalue weighted by Gasteiger charge is 2.23. The molecule has 0 unspecified atom stereocenters. The number of pyridine rings is 1. The van der Waals surface area contributed by atoms with Gasteiger partial charge in [-0.1, -0.05) is 68.4 Å². The average molecular weight is 437 g/mol. The molecule has 0 saturated heterocycles. The fourth-order valence-corrected chi connectivity index (χ4v) is 2.32. The molecule has 3 N–H and O–H groups in total. The molecule has 1 aromatic heterocycles. The molecule has 1 heterocycles. The first kappa shape index (κ1) is 31.1. The van der Waals surface area contributed by atoms with Crippen LogP contribution in [0.1, 0.15) is 87.8 Å². The highest BCUT2D eigenvalue weighted by molar-refractivity contribution is 5.88. The Morgan fingerprint density at radius 1 is 0.935 bits per heavy atom. The summed E-state index contributed by atoms with van der Waals surface area (Å²) in [4.78, 5) is 36.5. The Morgan fingerprint density at radius 2 is 1.45 bits per heavy atom. The van der Waals surface area contributed by atoms with Crippen molar-refractivity contribution in [3.63, 3.8) is 0 Å².